The van der Waals surface area contributed by atoms with Crippen molar-refractivity contribution in [3.8, 4) is 0 Å². The number of carbonyl (C=O) groups is 1. The normalized spacial score (nSPS) is 22.9. The molecule has 1 heterocycles. The van der Waals surface area contributed by atoms with Crippen LogP contribution in [0.15, 0.2) is 0 Å². The lowest BCUT2D eigenvalue weighted by atomic mass is 9.93. The van der Waals surface area contributed by atoms with Crippen LogP contribution in [-0.4, -0.2) is 65.5 Å². The number of carboxylic acids is 1. The van der Waals surface area contributed by atoms with Crippen LogP contribution < -0.4 is 0 Å². The molecule has 2 rings (SSSR count). The highest BCUT2D eigenvalue weighted by molar-refractivity contribution is 7.86. The molecule has 2 fully saturated rings. The summed E-state index contributed by atoms with van der Waals surface area (Å²) >= 11 is 0. The molecule has 0 atom stereocenters. The van der Waals surface area contributed by atoms with E-state index in [1.807, 2.05) is 0 Å². The van der Waals surface area contributed by atoms with Gasteiger partial charge >= 0.3 is 5.97 Å². The van der Waals surface area contributed by atoms with Gasteiger partial charge in [0.25, 0.3) is 10.2 Å². The first kappa shape index (κ1) is 15.7. The third kappa shape index (κ3) is 3.13. The first-order chi connectivity index (χ1) is 9.46. The summed E-state index contributed by atoms with van der Waals surface area (Å²) in [6.07, 6.45) is 3.40. The zero-order valence-corrected chi connectivity index (χ0v) is 12.3. The molecular formula is C12H22N2O5S. The average Bonchev–Trinajstić information content (AvgIpc) is 2.36. The summed E-state index contributed by atoms with van der Waals surface area (Å²) < 4.78 is 27.9. The first-order valence-corrected chi connectivity index (χ1v) is 8.47. The number of aliphatic hydroxyl groups is 1. The summed E-state index contributed by atoms with van der Waals surface area (Å²) in [5.41, 5.74) is 0. The van der Waals surface area contributed by atoms with Crippen molar-refractivity contribution in [1.82, 2.24) is 8.61 Å². The van der Waals surface area contributed by atoms with E-state index in [1.165, 1.54) is 8.61 Å². The summed E-state index contributed by atoms with van der Waals surface area (Å²) in [7, 11) is -3.58. The molecule has 8 heteroatoms. The Labute approximate surface area is 119 Å². The van der Waals surface area contributed by atoms with Crippen LogP contribution in [0.4, 0.5) is 0 Å². The van der Waals surface area contributed by atoms with Gasteiger partial charge in [0.1, 0.15) is 0 Å². The highest BCUT2D eigenvalue weighted by Crippen LogP contribution is 2.29. The lowest BCUT2D eigenvalue weighted by Crippen LogP contribution is -2.53. The maximum absolute atomic E-state index is 12.6. The fourth-order valence-corrected chi connectivity index (χ4v) is 4.61. The SMILES string of the molecule is O=C(O)C1CCN(S(=O)(=O)N(CCO)C2CCC2)CC1. The lowest BCUT2D eigenvalue weighted by Gasteiger charge is -2.40. The molecule has 20 heavy (non-hydrogen) atoms. The molecule has 0 unspecified atom stereocenters. The van der Waals surface area contributed by atoms with Gasteiger partial charge in [-0.05, 0) is 25.7 Å². The van der Waals surface area contributed by atoms with E-state index in [4.69, 9.17) is 10.2 Å². The first-order valence-electron chi connectivity index (χ1n) is 7.07. The minimum Gasteiger partial charge on any atom is -0.481 e. The maximum Gasteiger partial charge on any atom is 0.306 e. The van der Waals surface area contributed by atoms with E-state index in [2.05, 4.69) is 0 Å². The van der Waals surface area contributed by atoms with Gasteiger partial charge in [-0.2, -0.15) is 17.0 Å². The number of piperidine rings is 1. The summed E-state index contributed by atoms with van der Waals surface area (Å²) in [5, 5.41) is 18.0. The van der Waals surface area contributed by atoms with Crippen LogP contribution in [-0.2, 0) is 15.0 Å². The minimum atomic E-state index is -3.58. The zero-order chi connectivity index (χ0) is 14.8. The van der Waals surface area contributed by atoms with Crippen molar-refractivity contribution in [2.75, 3.05) is 26.2 Å². The van der Waals surface area contributed by atoms with E-state index in [0.717, 1.165) is 19.3 Å². The monoisotopic (exact) mass is 306 g/mol. The van der Waals surface area contributed by atoms with Crippen LogP contribution >= 0.6 is 0 Å². The maximum atomic E-state index is 12.6. The van der Waals surface area contributed by atoms with Gasteiger partial charge in [-0.25, -0.2) is 0 Å². The van der Waals surface area contributed by atoms with E-state index in [-0.39, 0.29) is 32.3 Å². The summed E-state index contributed by atoms with van der Waals surface area (Å²) in [6, 6.07) is -0.00986. The van der Waals surface area contributed by atoms with Gasteiger partial charge in [-0.1, -0.05) is 6.42 Å². The molecule has 0 radical (unpaired) electrons. The smallest absolute Gasteiger partial charge is 0.306 e. The zero-order valence-electron chi connectivity index (χ0n) is 11.4. The van der Waals surface area contributed by atoms with Crippen molar-refractivity contribution >= 4 is 16.2 Å². The second-order valence-electron chi connectivity index (χ2n) is 5.44. The quantitative estimate of drug-likeness (QED) is 0.712. The Morgan fingerprint density at radius 2 is 1.80 bits per heavy atom. The van der Waals surface area contributed by atoms with E-state index < -0.39 is 22.1 Å². The Morgan fingerprint density at radius 1 is 1.20 bits per heavy atom. The molecule has 7 nitrogen and oxygen atoms in total. The number of aliphatic hydroxyl groups excluding tert-OH is 1. The predicted molar refractivity (Wildman–Crippen MR) is 72.3 cm³/mol. The van der Waals surface area contributed by atoms with Gasteiger partial charge in [0.15, 0.2) is 0 Å². The van der Waals surface area contributed by atoms with Crippen LogP contribution in [0.1, 0.15) is 32.1 Å². The average molecular weight is 306 g/mol. The van der Waals surface area contributed by atoms with Gasteiger partial charge in [-0.3, -0.25) is 4.79 Å². The van der Waals surface area contributed by atoms with Gasteiger partial charge in [0, 0.05) is 25.7 Å². The van der Waals surface area contributed by atoms with E-state index in [9.17, 15) is 13.2 Å². The predicted octanol–water partition coefficient (Wildman–Crippen LogP) is -0.125. The van der Waals surface area contributed by atoms with Crippen molar-refractivity contribution in [3.05, 3.63) is 0 Å². The van der Waals surface area contributed by atoms with Gasteiger partial charge in [0.05, 0.1) is 12.5 Å². The molecule has 1 aliphatic carbocycles. The third-order valence-electron chi connectivity index (χ3n) is 4.23. The Morgan fingerprint density at radius 3 is 2.20 bits per heavy atom. The molecule has 2 aliphatic rings. The van der Waals surface area contributed by atoms with Crippen molar-refractivity contribution in [3.63, 3.8) is 0 Å². The molecule has 0 spiro atoms. The molecule has 0 aromatic carbocycles. The standard InChI is InChI=1S/C12H22N2O5S/c15-9-8-14(11-2-1-3-11)20(18,19)13-6-4-10(5-7-13)12(16)17/h10-11,15H,1-9H2,(H,16,17). The van der Waals surface area contributed by atoms with Gasteiger partial charge in [0.2, 0.25) is 0 Å². The Balaban J connectivity index is 2.03. The highest BCUT2D eigenvalue weighted by Gasteiger charge is 2.39. The Kier molecular flexibility index (Phi) is 5.00. The molecule has 0 amide bonds. The Hall–Kier alpha value is -0.700. The van der Waals surface area contributed by atoms with E-state index in [0.29, 0.717) is 12.8 Å². The molecule has 2 N–H and O–H groups in total. The lowest BCUT2D eigenvalue weighted by molar-refractivity contribution is -0.142. The largest absolute Gasteiger partial charge is 0.481 e. The number of aliphatic carboxylic acids is 1. The number of hydrogen-bond acceptors (Lipinski definition) is 4. The Bertz CT molecular complexity index is 441. The second-order valence-corrected chi connectivity index (χ2v) is 7.32. The van der Waals surface area contributed by atoms with Crippen LogP contribution in [0.25, 0.3) is 0 Å². The minimum absolute atomic E-state index is 0.00986. The molecule has 0 bridgehead atoms. The van der Waals surface area contributed by atoms with E-state index in [1.54, 1.807) is 0 Å². The van der Waals surface area contributed by atoms with Crippen LogP contribution in [0, 0.1) is 5.92 Å². The van der Waals surface area contributed by atoms with Crippen molar-refractivity contribution in [1.29, 1.82) is 0 Å². The van der Waals surface area contributed by atoms with Gasteiger partial charge in [-0.15, -0.1) is 0 Å². The van der Waals surface area contributed by atoms with Crippen molar-refractivity contribution in [2.45, 2.75) is 38.1 Å². The van der Waals surface area contributed by atoms with Gasteiger partial charge < -0.3 is 10.2 Å². The molecule has 116 valence electrons. The number of hydrogen-bond donors (Lipinski definition) is 2. The molecule has 0 aromatic rings. The van der Waals surface area contributed by atoms with Crippen LogP contribution in [0.2, 0.25) is 0 Å². The summed E-state index contributed by atoms with van der Waals surface area (Å²) in [6.45, 7) is 0.412. The summed E-state index contributed by atoms with van der Waals surface area (Å²) in [4.78, 5) is 10.9. The molecule has 1 saturated heterocycles. The fraction of sp³-hybridized carbons (Fsp3) is 0.917. The topological polar surface area (TPSA) is 98.2 Å². The molecular weight excluding hydrogens is 284 g/mol. The van der Waals surface area contributed by atoms with Crippen LogP contribution in [0.3, 0.4) is 0 Å². The molecule has 0 aromatic heterocycles. The second kappa shape index (κ2) is 6.38. The van der Waals surface area contributed by atoms with E-state index >= 15 is 0 Å². The fourth-order valence-electron chi connectivity index (χ4n) is 2.74. The summed E-state index contributed by atoms with van der Waals surface area (Å²) in [5.74, 6) is -1.30. The number of nitrogens with zero attached hydrogens (tertiary/aromatic N) is 2. The highest BCUT2D eigenvalue weighted by atomic mass is 32.2. The molecule has 1 saturated carbocycles. The number of carboxylic acid groups (broad SMARTS) is 1. The van der Waals surface area contributed by atoms with Crippen molar-refractivity contribution in [2.24, 2.45) is 5.92 Å². The number of rotatable bonds is 6. The van der Waals surface area contributed by atoms with Crippen LogP contribution in [0.5, 0.6) is 0 Å². The van der Waals surface area contributed by atoms with Crippen molar-refractivity contribution < 1.29 is 23.4 Å². The molecule has 1 aliphatic heterocycles. The third-order valence-corrected chi connectivity index (χ3v) is 6.32.